The van der Waals surface area contributed by atoms with E-state index in [1.165, 1.54) is 0 Å². The molecule has 1 aromatic heterocycles. The van der Waals surface area contributed by atoms with E-state index in [0.717, 1.165) is 38.0 Å². The molecule has 0 unspecified atom stereocenters. The number of benzene rings is 1. The Kier molecular flexibility index (Phi) is 9.40. The van der Waals surface area contributed by atoms with Crippen LogP contribution >= 0.6 is 0 Å². The molecule has 0 bridgehead atoms. The number of aryl methyl sites for hydroxylation is 2. The molecule has 0 radical (unpaired) electrons. The van der Waals surface area contributed by atoms with Crippen LogP contribution in [0.25, 0.3) is 0 Å². The van der Waals surface area contributed by atoms with Gasteiger partial charge in [-0.3, -0.25) is 9.69 Å². The van der Waals surface area contributed by atoms with Crippen LogP contribution in [-0.4, -0.2) is 57.9 Å². The highest BCUT2D eigenvalue weighted by molar-refractivity contribution is 5.96. The molecule has 0 fully saturated rings. The maximum absolute atomic E-state index is 12.5. The SMILES string of the molecule is Cc1nccn1CCCCN(CCC(=O)c1ccccc1)[C@H](C=O)COC(C)(C)C. The normalized spacial score (nSPS) is 12.8. The first-order valence-electron chi connectivity index (χ1n) is 10.7. The molecule has 1 atom stereocenters. The summed E-state index contributed by atoms with van der Waals surface area (Å²) in [6, 6.07) is 8.95. The Bertz CT molecular complexity index is 780. The van der Waals surface area contributed by atoms with Gasteiger partial charge < -0.3 is 14.1 Å². The first-order valence-corrected chi connectivity index (χ1v) is 10.7. The van der Waals surface area contributed by atoms with Crippen molar-refractivity contribution in [1.29, 1.82) is 0 Å². The van der Waals surface area contributed by atoms with Crippen molar-refractivity contribution in [3.05, 3.63) is 54.1 Å². The number of imidazole rings is 1. The van der Waals surface area contributed by atoms with Crippen LogP contribution in [0, 0.1) is 6.92 Å². The Hall–Kier alpha value is -2.31. The molecule has 0 aliphatic heterocycles. The number of ether oxygens (including phenoxy) is 1. The summed E-state index contributed by atoms with van der Waals surface area (Å²) in [5.41, 5.74) is 0.396. The van der Waals surface area contributed by atoms with E-state index < -0.39 is 0 Å². The second-order valence-electron chi connectivity index (χ2n) is 8.58. The zero-order valence-electron chi connectivity index (χ0n) is 18.7. The number of nitrogens with zero attached hydrogens (tertiary/aromatic N) is 3. The van der Waals surface area contributed by atoms with Gasteiger partial charge in [0.2, 0.25) is 0 Å². The van der Waals surface area contributed by atoms with E-state index in [1.807, 2.05) is 70.4 Å². The molecule has 0 aliphatic rings. The van der Waals surface area contributed by atoms with Crippen LogP contribution in [0.5, 0.6) is 0 Å². The number of carbonyl (C=O) groups is 2. The molecule has 0 saturated carbocycles. The number of hydrogen-bond donors (Lipinski definition) is 0. The molecule has 6 heteroatoms. The van der Waals surface area contributed by atoms with Crippen molar-refractivity contribution in [2.24, 2.45) is 0 Å². The van der Waals surface area contributed by atoms with E-state index in [0.29, 0.717) is 25.1 Å². The number of aromatic nitrogens is 2. The third-order valence-corrected chi connectivity index (χ3v) is 5.05. The summed E-state index contributed by atoms with van der Waals surface area (Å²) in [5, 5.41) is 0. The van der Waals surface area contributed by atoms with E-state index in [4.69, 9.17) is 4.74 Å². The minimum absolute atomic E-state index is 0.0935. The van der Waals surface area contributed by atoms with Gasteiger partial charge in [-0.15, -0.1) is 0 Å². The van der Waals surface area contributed by atoms with Gasteiger partial charge in [-0.25, -0.2) is 4.98 Å². The number of hydrogen-bond acceptors (Lipinski definition) is 5. The van der Waals surface area contributed by atoms with E-state index >= 15 is 0 Å². The van der Waals surface area contributed by atoms with Gasteiger partial charge in [0.25, 0.3) is 0 Å². The molecule has 2 rings (SSSR count). The van der Waals surface area contributed by atoms with Crippen LogP contribution in [0.4, 0.5) is 0 Å². The van der Waals surface area contributed by atoms with E-state index in [1.54, 1.807) is 0 Å². The van der Waals surface area contributed by atoms with Gasteiger partial charge in [-0.05, 0) is 47.1 Å². The van der Waals surface area contributed by atoms with Crippen molar-refractivity contribution in [3.8, 4) is 0 Å². The monoisotopic (exact) mass is 413 g/mol. The molecule has 164 valence electrons. The summed E-state index contributed by atoms with van der Waals surface area (Å²) >= 11 is 0. The predicted molar refractivity (Wildman–Crippen MR) is 119 cm³/mol. The maximum Gasteiger partial charge on any atom is 0.164 e. The molecule has 1 aromatic carbocycles. The van der Waals surface area contributed by atoms with E-state index in [9.17, 15) is 9.59 Å². The number of ketones is 1. The molecule has 0 amide bonds. The average Bonchev–Trinajstić information content (AvgIpc) is 3.13. The summed E-state index contributed by atoms with van der Waals surface area (Å²) in [6.07, 6.45) is 7.02. The minimum atomic E-state index is -0.359. The lowest BCUT2D eigenvalue weighted by Gasteiger charge is -2.30. The fourth-order valence-electron chi connectivity index (χ4n) is 3.26. The molecule has 1 heterocycles. The molecule has 0 saturated heterocycles. The van der Waals surface area contributed by atoms with Crippen molar-refractivity contribution in [2.75, 3.05) is 19.7 Å². The molecule has 0 N–H and O–H groups in total. The Morgan fingerprint density at radius 2 is 1.93 bits per heavy atom. The largest absolute Gasteiger partial charge is 0.374 e. The van der Waals surface area contributed by atoms with Crippen molar-refractivity contribution in [3.63, 3.8) is 0 Å². The number of rotatable bonds is 13. The topological polar surface area (TPSA) is 64.4 Å². The van der Waals surface area contributed by atoms with Crippen molar-refractivity contribution in [1.82, 2.24) is 14.5 Å². The molecular weight excluding hydrogens is 378 g/mol. The van der Waals surface area contributed by atoms with Gasteiger partial charge >= 0.3 is 0 Å². The van der Waals surface area contributed by atoms with Crippen LogP contribution in [0.3, 0.4) is 0 Å². The standard InChI is InChI=1S/C24H35N3O3/c1-20-25-13-17-26(20)14-8-9-15-27(22(18-28)19-30-24(2,3)4)16-12-23(29)21-10-6-5-7-11-21/h5-7,10-11,13,17-18,22H,8-9,12,14-16,19H2,1-4H3/t22-/m1/s1. The molecule has 6 nitrogen and oxygen atoms in total. The lowest BCUT2D eigenvalue weighted by Crippen LogP contribution is -2.43. The van der Waals surface area contributed by atoms with Crippen LogP contribution in [0.15, 0.2) is 42.7 Å². The average molecular weight is 414 g/mol. The van der Waals surface area contributed by atoms with Gasteiger partial charge in [0.05, 0.1) is 18.2 Å². The lowest BCUT2D eigenvalue weighted by atomic mass is 10.1. The Morgan fingerprint density at radius 1 is 1.20 bits per heavy atom. The fraction of sp³-hybridized carbons (Fsp3) is 0.542. The summed E-state index contributed by atoms with van der Waals surface area (Å²) in [7, 11) is 0. The smallest absolute Gasteiger partial charge is 0.164 e. The molecule has 0 aliphatic carbocycles. The van der Waals surface area contributed by atoms with Gasteiger partial charge in [-0.1, -0.05) is 30.3 Å². The Morgan fingerprint density at radius 3 is 2.53 bits per heavy atom. The first-order chi connectivity index (χ1) is 14.3. The van der Waals surface area contributed by atoms with Crippen LogP contribution in [0.1, 0.15) is 56.2 Å². The minimum Gasteiger partial charge on any atom is -0.374 e. The van der Waals surface area contributed by atoms with Crippen molar-refractivity contribution < 1.29 is 14.3 Å². The number of aldehydes is 1. The molecule has 2 aromatic rings. The summed E-state index contributed by atoms with van der Waals surface area (Å²) in [6.45, 7) is 10.4. The molecule has 30 heavy (non-hydrogen) atoms. The maximum atomic E-state index is 12.5. The van der Waals surface area contributed by atoms with Crippen molar-refractivity contribution in [2.45, 2.75) is 65.1 Å². The predicted octanol–water partition coefficient (Wildman–Crippen LogP) is 3.93. The quantitative estimate of drug-likeness (QED) is 0.283. The third-order valence-electron chi connectivity index (χ3n) is 5.05. The van der Waals surface area contributed by atoms with Crippen LogP contribution < -0.4 is 0 Å². The highest BCUT2D eigenvalue weighted by Crippen LogP contribution is 2.12. The lowest BCUT2D eigenvalue weighted by molar-refractivity contribution is -0.117. The third kappa shape index (κ3) is 8.20. The Labute approximate surface area is 180 Å². The van der Waals surface area contributed by atoms with Gasteiger partial charge in [0.1, 0.15) is 12.1 Å². The zero-order valence-corrected chi connectivity index (χ0v) is 18.7. The summed E-state index contributed by atoms with van der Waals surface area (Å²) in [4.78, 5) is 30.7. The first kappa shape index (κ1) is 24.0. The summed E-state index contributed by atoms with van der Waals surface area (Å²) < 4.78 is 7.99. The Balaban J connectivity index is 1.94. The second kappa shape index (κ2) is 11.8. The molecular formula is C24H35N3O3. The van der Waals surface area contributed by atoms with Crippen LogP contribution in [-0.2, 0) is 16.1 Å². The number of unbranched alkanes of at least 4 members (excludes halogenated alkanes) is 1. The van der Waals surface area contributed by atoms with E-state index in [-0.39, 0.29) is 17.4 Å². The fourth-order valence-corrected chi connectivity index (χ4v) is 3.26. The number of carbonyl (C=O) groups excluding carboxylic acids is 2. The van der Waals surface area contributed by atoms with E-state index in [2.05, 4.69) is 14.5 Å². The van der Waals surface area contributed by atoms with Gasteiger partial charge in [0.15, 0.2) is 5.78 Å². The van der Waals surface area contributed by atoms with Crippen molar-refractivity contribution >= 4 is 12.1 Å². The van der Waals surface area contributed by atoms with Gasteiger partial charge in [0, 0.05) is 37.5 Å². The van der Waals surface area contributed by atoms with Crippen LogP contribution in [0.2, 0.25) is 0 Å². The second-order valence-corrected chi connectivity index (χ2v) is 8.58. The summed E-state index contributed by atoms with van der Waals surface area (Å²) in [5.74, 6) is 1.10. The highest BCUT2D eigenvalue weighted by atomic mass is 16.5. The number of Topliss-reactive ketones (excluding diaryl/α,β-unsaturated/α-hetero) is 1. The molecule has 0 spiro atoms. The van der Waals surface area contributed by atoms with Gasteiger partial charge in [-0.2, -0.15) is 0 Å². The zero-order chi connectivity index (χ0) is 22.0. The highest BCUT2D eigenvalue weighted by Gasteiger charge is 2.22.